The number of benzene rings is 1. The van der Waals surface area contributed by atoms with Crippen molar-refractivity contribution < 1.29 is 14.3 Å². The molecule has 0 aliphatic heterocycles. The van der Waals surface area contributed by atoms with Gasteiger partial charge in [0, 0.05) is 24.0 Å². The first kappa shape index (κ1) is 17.6. The summed E-state index contributed by atoms with van der Waals surface area (Å²) in [5.74, 6) is 0.979. The minimum absolute atomic E-state index is 0.177. The molecule has 2 saturated carbocycles. The molecule has 5 nitrogen and oxygen atoms in total. The smallest absolute Gasteiger partial charge is 0.317 e. The van der Waals surface area contributed by atoms with E-state index in [2.05, 4.69) is 42.3 Å². The molecule has 2 fully saturated rings. The third-order valence-electron chi connectivity index (χ3n) is 5.91. The Bertz CT molecular complexity index is 764. The molecule has 1 aromatic heterocycles. The summed E-state index contributed by atoms with van der Waals surface area (Å²) >= 11 is 0. The third-order valence-corrected chi connectivity index (χ3v) is 5.91. The molecule has 4 rings (SSSR count). The van der Waals surface area contributed by atoms with Crippen LogP contribution < -0.4 is 5.32 Å². The maximum absolute atomic E-state index is 11.1. The molecule has 2 N–H and O–H groups in total. The van der Waals surface area contributed by atoms with Gasteiger partial charge in [-0.3, -0.25) is 9.69 Å². The zero-order valence-electron chi connectivity index (χ0n) is 15.6. The number of fused-ring (bicyclic) bond motifs is 1. The Morgan fingerprint density at radius 3 is 2.65 bits per heavy atom. The predicted octanol–water partition coefficient (Wildman–Crippen LogP) is 3.47. The highest BCUT2D eigenvalue weighted by Crippen LogP contribution is 2.34. The minimum Gasteiger partial charge on any atom is -0.480 e. The number of hydrogen-bond acceptors (Lipinski definition) is 4. The van der Waals surface area contributed by atoms with Crippen LogP contribution in [0.5, 0.6) is 0 Å². The predicted molar refractivity (Wildman–Crippen MR) is 101 cm³/mol. The normalized spacial score (nSPS) is 22.7. The Hall–Kier alpha value is -1.85. The van der Waals surface area contributed by atoms with Crippen molar-refractivity contribution in [2.24, 2.45) is 5.92 Å². The average molecular weight is 356 g/mol. The molecule has 0 saturated heterocycles. The van der Waals surface area contributed by atoms with Crippen molar-refractivity contribution in [1.29, 1.82) is 0 Å². The zero-order chi connectivity index (χ0) is 18.3. The van der Waals surface area contributed by atoms with Gasteiger partial charge in [-0.1, -0.05) is 0 Å². The van der Waals surface area contributed by atoms with Crippen molar-refractivity contribution >= 4 is 16.9 Å². The molecule has 140 valence electrons. The van der Waals surface area contributed by atoms with Gasteiger partial charge in [0.15, 0.2) is 0 Å². The first-order valence-corrected chi connectivity index (χ1v) is 9.67. The van der Waals surface area contributed by atoms with Gasteiger partial charge < -0.3 is 14.8 Å². The molecule has 2 aromatic rings. The lowest BCUT2D eigenvalue weighted by Gasteiger charge is -2.42. The monoisotopic (exact) mass is 356 g/mol. The minimum atomic E-state index is -0.713. The largest absolute Gasteiger partial charge is 0.480 e. The third kappa shape index (κ3) is 3.94. The molecule has 1 heterocycles. The number of aryl methyl sites for hydroxylation is 2. The van der Waals surface area contributed by atoms with Gasteiger partial charge in [0.1, 0.15) is 11.3 Å². The molecule has 5 heteroatoms. The molecule has 2 aliphatic rings. The van der Waals surface area contributed by atoms with E-state index in [1.165, 1.54) is 24.0 Å². The first-order valence-electron chi connectivity index (χ1n) is 9.67. The van der Waals surface area contributed by atoms with E-state index in [0.29, 0.717) is 12.1 Å². The Morgan fingerprint density at radius 2 is 1.96 bits per heavy atom. The van der Waals surface area contributed by atoms with Gasteiger partial charge in [-0.05, 0) is 74.8 Å². The number of rotatable bonds is 8. The zero-order valence-corrected chi connectivity index (χ0v) is 15.6. The molecule has 0 atom stereocenters. The molecule has 0 amide bonds. The Kier molecular flexibility index (Phi) is 4.76. The summed E-state index contributed by atoms with van der Waals surface area (Å²) in [7, 11) is 0. The molecular weight excluding hydrogens is 328 g/mol. The van der Waals surface area contributed by atoms with Crippen molar-refractivity contribution in [3.8, 4) is 0 Å². The van der Waals surface area contributed by atoms with E-state index < -0.39 is 5.97 Å². The molecule has 0 radical (unpaired) electrons. The van der Waals surface area contributed by atoms with E-state index >= 15 is 0 Å². The highest BCUT2D eigenvalue weighted by molar-refractivity contribution is 5.79. The van der Waals surface area contributed by atoms with Crippen molar-refractivity contribution in [3.05, 3.63) is 35.1 Å². The van der Waals surface area contributed by atoms with Crippen molar-refractivity contribution in [3.63, 3.8) is 0 Å². The van der Waals surface area contributed by atoms with Gasteiger partial charge in [0.2, 0.25) is 0 Å². The van der Waals surface area contributed by atoms with E-state index in [9.17, 15) is 4.79 Å². The summed E-state index contributed by atoms with van der Waals surface area (Å²) in [6.45, 7) is 6.08. The lowest BCUT2D eigenvalue weighted by Crippen LogP contribution is -2.54. The van der Waals surface area contributed by atoms with E-state index in [-0.39, 0.29) is 6.54 Å². The summed E-state index contributed by atoms with van der Waals surface area (Å²) in [5.41, 5.74) is 3.49. The van der Waals surface area contributed by atoms with Gasteiger partial charge in [-0.2, -0.15) is 0 Å². The van der Waals surface area contributed by atoms with Crippen LogP contribution in [0.3, 0.4) is 0 Å². The van der Waals surface area contributed by atoms with E-state index in [1.807, 2.05) is 0 Å². The van der Waals surface area contributed by atoms with Crippen molar-refractivity contribution in [2.75, 3.05) is 13.1 Å². The number of carboxylic acids is 1. The highest BCUT2D eigenvalue weighted by Gasteiger charge is 2.36. The number of carboxylic acid groups (broad SMARTS) is 1. The van der Waals surface area contributed by atoms with Crippen LogP contribution in [0.4, 0.5) is 0 Å². The molecule has 0 spiro atoms. The van der Waals surface area contributed by atoms with Crippen LogP contribution in [-0.4, -0.2) is 41.1 Å². The van der Waals surface area contributed by atoms with Crippen LogP contribution >= 0.6 is 0 Å². The number of furan rings is 1. The molecule has 0 unspecified atom stereocenters. The summed E-state index contributed by atoms with van der Waals surface area (Å²) in [6.07, 6.45) is 4.57. The molecular formula is C21H28N2O3. The van der Waals surface area contributed by atoms with Crippen LogP contribution in [0.1, 0.15) is 42.6 Å². The van der Waals surface area contributed by atoms with Crippen LogP contribution in [0.2, 0.25) is 0 Å². The van der Waals surface area contributed by atoms with E-state index in [0.717, 1.165) is 48.6 Å². The lowest BCUT2D eigenvalue weighted by atomic mass is 9.85. The standard InChI is InChI=1S/C21H28N2O3/c1-13-5-16-7-19(26-20(16)6-14(13)2)10-22-17-8-18(9-17)23(12-21(24)25)11-15-3-4-15/h5-7,15,17-18,22H,3-4,8-12H2,1-2H3,(H,24,25). The van der Waals surface area contributed by atoms with Crippen LogP contribution in [0.15, 0.2) is 22.6 Å². The molecule has 1 aromatic carbocycles. The summed E-state index contributed by atoms with van der Waals surface area (Å²) in [4.78, 5) is 13.3. The fraction of sp³-hybridized carbons (Fsp3) is 0.571. The Balaban J connectivity index is 1.29. The van der Waals surface area contributed by atoms with Gasteiger partial charge in [0.25, 0.3) is 0 Å². The van der Waals surface area contributed by atoms with Crippen LogP contribution in [0.25, 0.3) is 11.0 Å². The second-order valence-electron chi connectivity index (χ2n) is 8.16. The first-order chi connectivity index (χ1) is 12.5. The number of hydrogen-bond donors (Lipinski definition) is 2. The lowest BCUT2D eigenvalue weighted by molar-refractivity contribution is -0.139. The fourth-order valence-corrected chi connectivity index (χ4v) is 3.89. The number of nitrogens with one attached hydrogen (secondary N) is 1. The SMILES string of the molecule is Cc1cc2cc(CNC3CC(N(CC(=O)O)CC4CC4)C3)oc2cc1C. The molecule has 26 heavy (non-hydrogen) atoms. The Labute approximate surface area is 154 Å². The second kappa shape index (κ2) is 7.05. The van der Waals surface area contributed by atoms with Crippen LogP contribution in [0, 0.1) is 19.8 Å². The van der Waals surface area contributed by atoms with Gasteiger partial charge >= 0.3 is 5.97 Å². The van der Waals surface area contributed by atoms with Crippen LogP contribution in [-0.2, 0) is 11.3 Å². The number of carbonyl (C=O) groups is 1. The van der Waals surface area contributed by atoms with Gasteiger partial charge in [0.05, 0.1) is 13.1 Å². The van der Waals surface area contributed by atoms with E-state index in [4.69, 9.17) is 9.52 Å². The quantitative estimate of drug-likeness (QED) is 0.758. The average Bonchev–Trinajstić information content (AvgIpc) is 3.25. The summed E-state index contributed by atoms with van der Waals surface area (Å²) in [6, 6.07) is 7.26. The number of nitrogens with zero attached hydrogens (tertiary/aromatic N) is 1. The van der Waals surface area contributed by atoms with E-state index in [1.54, 1.807) is 0 Å². The topological polar surface area (TPSA) is 65.7 Å². The van der Waals surface area contributed by atoms with Crippen molar-refractivity contribution in [1.82, 2.24) is 10.2 Å². The summed E-state index contributed by atoms with van der Waals surface area (Å²) < 4.78 is 5.96. The molecule has 2 aliphatic carbocycles. The maximum atomic E-state index is 11.1. The number of aliphatic carboxylic acids is 1. The summed E-state index contributed by atoms with van der Waals surface area (Å²) in [5, 5.41) is 13.9. The van der Waals surface area contributed by atoms with Gasteiger partial charge in [-0.15, -0.1) is 0 Å². The Morgan fingerprint density at radius 1 is 1.23 bits per heavy atom. The van der Waals surface area contributed by atoms with Gasteiger partial charge in [-0.25, -0.2) is 0 Å². The maximum Gasteiger partial charge on any atom is 0.317 e. The highest BCUT2D eigenvalue weighted by atomic mass is 16.4. The fourth-order valence-electron chi connectivity index (χ4n) is 3.89. The van der Waals surface area contributed by atoms with Crippen molar-refractivity contribution in [2.45, 2.75) is 58.2 Å². The second-order valence-corrected chi connectivity index (χ2v) is 8.16. The molecule has 0 bridgehead atoms.